The second-order valence-corrected chi connectivity index (χ2v) is 5.77. The highest BCUT2D eigenvalue weighted by Gasteiger charge is 2.15. The number of carbonyl (C=O) groups excluding carboxylic acids is 1. The first-order valence-corrected chi connectivity index (χ1v) is 6.36. The van der Waals surface area contributed by atoms with Gasteiger partial charge in [0.15, 0.2) is 5.13 Å². The van der Waals surface area contributed by atoms with E-state index in [1.807, 2.05) is 0 Å². The van der Waals surface area contributed by atoms with Crippen molar-refractivity contribution in [3.8, 4) is 0 Å². The molecular weight excluding hydrogens is 307 g/mol. The Morgan fingerprint density at radius 3 is 2.88 bits per heavy atom. The third kappa shape index (κ3) is 2.70. The molecule has 3 nitrogen and oxygen atoms in total. The van der Waals surface area contributed by atoms with Crippen LogP contribution in [-0.4, -0.2) is 10.9 Å². The highest BCUT2D eigenvalue weighted by Crippen LogP contribution is 2.24. The maximum atomic E-state index is 13.5. The number of halogens is 2. The molecule has 0 saturated carbocycles. The first kappa shape index (κ1) is 12.2. The maximum Gasteiger partial charge on any atom is 0.260 e. The van der Waals surface area contributed by atoms with Crippen molar-refractivity contribution in [1.29, 1.82) is 0 Å². The van der Waals surface area contributed by atoms with Crippen LogP contribution in [0.5, 0.6) is 0 Å². The second-order valence-electron chi connectivity index (χ2n) is 3.36. The molecular formula is C11H8BrFN2OS. The van der Waals surface area contributed by atoms with E-state index in [0.29, 0.717) is 10.7 Å². The van der Waals surface area contributed by atoms with Crippen LogP contribution >= 0.6 is 27.3 Å². The summed E-state index contributed by atoms with van der Waals surface area (Å²) in [5.41, 5.74) is 0.650. The third-order valence-corrected chi connectivity index (χ3v) is 3.54. The van der Waals surface area contributed by atoms with E-state index in [2.05, 4.69) is 26.2 Å². The molecule has 6 heteroatoms. The number of nitrogens with zero attached hydrogens (tertiary/aromatic N) is 1. The molecule has 17 heavy (non-hydrogen) atoms. The Labute approximate surface area is 110 Å². The van der Waals surface area contributed by atoms with Crippen molar-refractivity contribution in [3.05, 3.63) is 45.1 Å². The third-order valence-electron chi connectivity index (χ3n) is 2.15. The SMILES string of the molecule is Cc1cccc(F)c1C(=O)Nc1ncc(Br)s1. The molecule has 0 bridgehead atoms. The van der Waals surface area contributed by atoms with Crippen LogP contribution in [-0.2, 0) is 0 Å². The lowest BCUT2D eigenvalue weighted by Crippen LogP contribution is -2.15. The van der Waals surface area contributed by atoms with Gasteiger partial charge in [-0.2, -0.15) is 0 Å². The number of amides is 1. The average Bonchev–Trinajstić information content (AvgIpc) is 2.63. The zero-order valence-electron chi connectivity index (χ0n) is 8.83. The fraction of sp³-hybridized carbons (Fsp3) is 0.0909. The smallest absolute Gasteiger partial charge is 0.260 e. The van der Waals surface area contributed by atoms with Crippen molar-refractivity contribution in [1.82, 2.24) is 4.98 Å². The number of rotatable bonds is 2. The number of hydrogen-bond donors (Lipinski definition) is 1. The van der Waals surface area contributed by atoms with Gasteiger partial charge in [-0.05, 0) is 34.5 Å². The number of anilines is 1. The Morgan fingerprint density at radius 1 is 1.53 bits per heavy atom. The minimum Gasteiger partial charge on any atom is -0.298 e. The summed E-state index contributed by atoms with van der Waals surface area (Å²) in [4.78, 5) is 15.8. The van der Waals surface area contributed by atoms with Crippen LogP contribution in [0.4, 0.5) is 9.52 Å². The summed E-state index contributed by atoms with van der Waals surface area (Å²) in [7, 11) is 0. The summed E-state index contributed by atoms with van der Waals surface area (Å²) in [6.07, 6.45) is 1.58. The number of aryl methyl sites for hydroxylation is 1. The lowest BCUT2D eigenvalue weighted by Gasteiger charge is -2.06. The van der Waals surface area contributed by atoms with Crippen molar-refractivity contribution in [2.24, 2.45) is 0 Å². The van der Waals surface area contributed by atoms with Crippen LogP contribution in [0, 0.1) is 12.7 Å². The van der Waals surface area contributed by atoms with E-state index in [1.165, 1.54) is 17.4 Å². The average molecular weight is 315 g/mol. The zero-order chi connectivity index (χ0) is 12.4. The lowest BCUT2D eigenvalue weighted by atomic mass is 10.1. The minimum atomic E-state index is -0.530. The summed E-state index contributed by atoms with van der Waals surface area (Å²) in [6.45, 7) is 1.69. The molecule has 0 radical (unpaired) electrons. The quantitative estimate of drug-likeness (QED) is 0.920. The molecule has 0 aliphatic rings. The first-order chi connectivity index (χ1) is 8.08. The van der Waals surface area contributed by atoms with Gasteiger partial charge in [0.05, 0.1) is 15.5 Å². The summed E-state index contributed by atoms with van der Waals surface area (Å²) < 4.78 is 14.3. The minimum absolute atomic E-state index is 0.0545. The molecule has 0 aliphatic carbocycles. The highest BCUT2D eigenvalue weighted by atomic mass is 79.9. The summed E-state index contributed by atoms with van der Waals surface area (Å²) in [6, 6.07) is 4.52. The van der Waals surface area contributed by atoms with Gasteiger partial charge in [0.2, 0.25) is 0 Å². The van der Waals surface area contributed by atoms with Gasteiger partial charge in [0.1, 0.15) is 5.82 Å². The van der Waals surface area contributed by atoms with Crippen LogP contribution in [0.3, 0.4) is 0 Å². The van der Waals surface area contributed by atoms with Gasteiger partial charge in [0, 0.05) is 0 Å². The van der Waals surface area contributed by atoms with Crippen molar-refractivity contribution in [2.45, 2.75) is 6.92 Å². The summed E-state index contributed by atoms with van der Waals surface area (Å²) in [5.74, 6) is -1.01. The van der Waals surface area contributed by atoms with E-state index in [0.717, 1.165) is 3.79 Å². The number of hydrogen-bond acceptors (Lipinski definition) is 3. The fourth-order valence-electron chi connectivity index (χ4n) is 1.39. The number of aromatic nitrogens is 1. The molecule has 0 atom stereocenters. The molecule has 0 saturated heterocycles. The Bertz CT molecular complexity index is 550. The molecule has 2 rings (SSSR count). The number of nitrogens with one attached hydrogen (secondary N) is 1. The molecule has 1 heterocycles. The molecule has 0 spiro atoms. The van der Waals surface area contributed by atoms with E-state index >= 15 is 0 Å². The number of thiazole rings is 1. The Morgan fingerprint density at radius 2 is 2.29 bits per heavy atom. The molecule has 1 aromatic carbocycles. The van der Waals surface area contributed by atoms with Crippen LogP contribution in [0.1, 0.15) is 15.9 Å². The Hall–Kier alpha value is -1.27. The largest absolute Gasteiger partial charge is 0.298 e. The van der Waals surface area contributed by atoms with Crippen LogP contribution in [0.2, 0.25) is 0 Å². The lowest BCUT2D eigenvalue weighted by molar-refractivity contribution is 0.102. The van der Waals surface area contributed by atoms with Crippen LogP contribution < -0.4 is 5.32 Å². The van der Waals surface area contributed by atoms with Crippen molar-refractivity contribution < 1.29 is 9.18 Å². The van der Waals surface area contributed by atoms with E-state index < -0.39 is 11.7 Å². The van der Waals surface area contributed by atoms with Gasteiger partial charge in [-0.25, -0.2) is 9.37 Å². The number of benzene rings is 1. The molecule has 0 aliphatic heterocycles. The molecule has 1 amide bonds. The van der Waals surface area contributed by atoms with Gasteiger partial charge in [-0.1, -0.05) is 23.5 Å². The normalized spacial score (nSPS) is 10.3. The molecule has 88 valence electrons. The molecule has 1 N–H and O–H groups in total. The zero-order valence-corrected chi connectivity index (χ0v) is 11.2. The first-order valence-electron chi connectivity index (χ1n) is 4.75. The molecule has 1 aromatic heterocycles. The summed E-state index contributed by atoms with van der Waals surface area (Å²) in [5, 5.41) is 2.99. The van der Waals surface area contributed by atoms with Gasteiger partial charge < -0.3 is 0 Å². The Kier molecular flexibility index (Phi) is 3.54. The molecule has 0 unspecified atom stereocenters. The van der Waals surface area contributed by atoms with Gasteiger partial charge in [-0.15, -0.1) is 0 Å². The predicted molar refractivity (Wildman–Crippen MR) is 68.9 cm³/mol. The van der Waals surface area contributed by atoms with Crippen molar-refractivity contribution in [3.63, 3.8) is 0 Å². The summed E-state index contributed by atoms with van der Waals surface area (Å²) >= 11 is 4.51. The molecule has 0 fully saturated rings. The van der Waals surface area contributed by atoms with E-state index in [9.17, 15) is 9.18 Å². The Balaban J connectivity index is 2.26. The topological polar surface area (TPSA) is 42.0 Å². The van der Waals surface area contributed by atoms with Crippen molar-refractivity contribution in [2.75, 3.05) is 5.32 Å². The van der Waals surface area contributed by atoms with E-state index in [-0.39, 0.29) is 5.56 Å². The number of carbonyl (C=O) groups is 1. The fourth-order valence-corrected chi connectivity index (χ4v) is 2.49. The predicted octanol–water partition coefficient (Wildman–Crippen LogP) is 3.61. The van der Waals surface area contributed by atoms with Gasteiger partial charge in [-0.3, -0.25) is 10.1 Å². The van der Waals surface area contributed by atoms with E-state index in [1.54, 1.807) is 25.3 Å². The van der Waals surface area contributed by atoms with Crippen molar-refractivity contribution >= 4 is 38.3 Å². The highest BCUT2D eigenvalue weighted by molar-refractivity contribution is 9.11. The second kappa shape index (κ2) is 4.93. The maximum absolute atomic E-state index is 13.5. The standard InChI is InChI=1S/C11H8BrFN2OS/c1-6-3-2-4-7(13)9(6)10(16)15-11-14-5-8(12)17-11/h2-5H,1H3,(H,14,15,16). The molecule has 2 aromatic rings. The van der Waals surface area contributed by atoms with Gasteiger partial charge in [0.25, 0.3) is 5.91 Å². The monoisotopic (exact) mass is 314 g/mol. The van der Waals surface area contributed by atoms with Crippen LogP contribution in [0.25, 0.3) is 0 Å². The van der Waals surface area contributed by atoms with Crippen LogP contribution in [0.15, 0.2) is 28.2 Å². The van der Waals surface area contributed by atoms with E-state index in [4.69, 9.17) is 0 Å². The van der Waals surface area contributed by atoms with Gasteiger partial charge >= 0.3 is 0 Å².